The number of amides is 2. The van der Waals surface area contributed by atoms with Crippen molar-refractivity contribution in [1.82, 2.24) is 9.80 Å². The summed E-state index contributed by atoms with van der Waals surface area (Å²) in [6.07, 6.45) is 9.67. The molecule has 3 aliphatic heterocycles. The lowest BCUT2D eigenvalue weighted by molar-refractivity contribution is -0.161. The van der Waals surface area contributed by atoms with E-state index in [0.717, 1.165) is 37.7 Å². The largest absolute Gasteiger partial charge is 0.461 e. The Balaban J connectivity index is 1.58. The minimum Gasteiger partial charge on any atom is -0.461 e. The molecule has 4 aliphatic rings. The molecular formula is C32H42N2O6. The summed E-state index contributed by atoms with van der Waals surface area (Å²) >= 11 is 0. The van der Waals surface area contributed by atoms with Crippen LogP contribution in [0.2, 0.25) is 0 Å². The Kier molecular flexibility index (Phi) is 8.20. The van der Waals surface area contributed by atoms with E-state index in [2.05, 4.69) is 13.2 Å². The molecule has 4 fully saturated rings. The maximum atomic E-state index is 14.7. The highest BCUT2D eigenvalue weighted by Crippen LogP contribution is 2.64. The minimum absolute atomic E-state index is 0.0352. The fourth-order valence-corrected chi connectivity index (χ4v) is 7.87. The molecule has 1 aromatic carbocycles. The zero-order chi connectivity index (χ0) is 28.5. The minimum atomic E-state index is -1.17. The number of aliphatic hydroxyl groups is 1. The first kappa shape index (κ1) is 28.6. The molecule has 0 radical (unpaired) electrons. The van der Waals surface area contributed by atoms with Gasteiger partial charge in [-0.15, -0.1) is 6.58 Å². The standard InChI is InChI=1S/C32H42N2O6/c1-4-18-33(23-14-10-7-11-15-23)29(37)27-32-17-16-31(3,40-32)26(30(38)39-19-5-2)25(32)28(36)34(27)24(21-35)20-22-12-8-6-9-13-22/h4-6,8-9,12-13,23-27,35H,1-2,7,10-11,14-21H2,3H3/t24-,25+,26+,27?,31-,32?/m1/s1. The smallest absolute Gasteiger partial charge is 0.313 e. The van der Waals surface area contributed by atoms with E-state index in [4.69, 9.17) is 9.47 Å². The fourth-order valence-electron chi connectivity index (χ4n) is 7.87. The molecule has 1 saturated carbocycles. The number of carbonyl (C=O) groups is 3. The lowest BCUT2D eigenvalue weighted by Gasteiger charge is -2.42. The number of esters is 1. The molecule has 40 heavy (non-hydrogen) atoms. The van der Waals surface area contributed by atoms with E-state index in [1.54, 1.807) is 11.0 Å². The van der Waals surface area contributed by atoms with Gasteiger partial charge in [0.05, 0.1) is 24.2 Å². The van der Waals surface area contributed by atoms with Crippen molar-refractivity contribution in [2.45, 2.75) is 87.6 Å². The number of benzene rings is 1. The number of likely N-dealkylation sites (tertiary alicyclic amines) is 1. The van der Waals surface area contributed by atoms with Crippen molar-refractivity contribution in [2.24, 2.45) is 11.8 Å². The Morgan fingerprint density at radius 1 is 1.18 bits per heavy atom. The van der Waals surface area contributed by atoms with Gasteiger partial charge >= 0.3 is 5.97 Å². The Hall–Kier alpha value is -2.97. The SMILES string of the molecule is C=CCOC(=O)[C@@H]1[C@H]2C(=O)N([C@@H](CO)Cc3ccccc3)C(C(=O)N(CC=C)C3CCCCC3)C23CC[C@@]1(C)O3. The van der Waals surface area contributed by atoms with Crippen LogP contribution in [-0.2, 0) is 30.3 Å². The third-order valence-electron chi connectivity index (χ3n) is 9.59. The maximum absolute atomic E-state index is 14.7. The Labute approximate surface area is 237 Å². The van der Waals surface area contributed by atoms with Crippen molar-refractivity contribution in [3.05, 3.63) is 61.2 Å². The van der Waals surface area contributed by atoms with Gasteiger partial charge in [-0.3, -0.25) is 14.4 Å². The highest BCUT2D eigenvalue weighted by molar-refractivity contribution is 5.99. The van der Waals surface area contributed by atoms with Crippen LogP contribution in [-0.4, -0.2) is 81.8 Å². The Morgan fingerprint density at radius 2 is 1.90 bits per heavy atom. The van der Waals surface area contributed by atoms with Gasteiger partial charge in [-0.2, -0.15) is 0 Å². The molecule has 6 atom stereocenters. The summed E-state index contributed by atoms with van der Waals surface area (Å²) in [6, 6.07) is 8.09. The summed E-state index contributed by atoms with van der Waals surface area (Å²) in [6.45, 7) is 9.50. The fraction of sp³-hybridized carbons (Fsp3) is 0.594. The molecule has 1 aliphatic carbocycles. The number of ether oxygens (including phenoxy) is 2. The van der Waals surface area contributed by atoms with Gasteiger partial charge in [0.1, 0.15) is 24.2 Å². The average Bonchev–Trinajstić information content (AvgIpc) is 3.54. The molecule has 2 bridgehead atoms. The first-order valence-electron chi connectivity index (χ1n) is 14.7. The highest BCUT2D eigenvalue weighted by atomic mass is 16.6. The topological polar surface area (TPSA) is 96.4 Å². The van der Waals surface area contributed by atoms with E-state index >= 15 is 0 Å². The monoisotopic (exact) mass is 550 g/mol. The van der Waals surface area contributed by atoms with Gasteiger partial charge in [0.15, 0.2) is 0 Å². The number of rotatable bonds is 11. The van der Waals surface area contributed by atoms with Crippen molar-refractivity contribution < 1.29 is 29.0 Å². The number of nitrogens with zero attached hydrogens (tertiary/aromatic N) is 2. The number of aliphatic hydroxyl groups excluding tert-OH is 1. The average molecular weight is 551 g/mol. The first-order valence-corrected chi connectivity index (χ1v) is 14.7. The molecular weight excluding hydrogens is 508 g/mol. The molecule has 1 N–H and O–H groups in total. The van der Waals surface area contributed by atoms with Crippen LogP contribution in [0.4, 0.5) is 0 Å². The van der Waals surface area contributed by atoms with Gasteiger partial charge in [0, 0.05) is 12.6 Å². The first-order chi connectivity index (χ1) is 19.3. The number of hydrogen-bond acceptors (Lipinski definition) is 6. The van der Waals surface area contributed by atoms with Crippen LogP contribution < -0.4 is 0 Å². The molecule has 1 spiro atoms. The third kappa shape index (κ3) is 4.69. The molecule has 8 nitrogen and oxygen atoms in total. The van der Waals surface area contributed by atoms with E-state index in [0.29, 0.717) is 25.8 Å². The Bertz CT molecular complexity index is 1130. The predicted molar refractivity (Wildman–Crippen MR) is 150 cm³/mol. The molecule has 0 aromatic heterocycles. The van der Waals surface area contributed by atoms with Crippen LogP contribution in [0.3, 0.4) is 0 Å². The molecule has 2 amide bonds. The molecule has 8 heteroatoms. The van der Waals surface area contributed by atoms with Gasteiger partial charge in [-0.25, -0.2) is 0 Å². The number of carbonyl (C=O) groups excluding carboxylic acids is 3. The lowest BCUT2D eigenvalue weighted by Crippen LogP contribution is -2.60. The second-order valence-electron chi connectivity index (χ2n) is 12.0. The van der Waals surface area contributed by atoms with Gasteiger partial charge in [-0.05, 0) is 44.6 Å². The summed E-state index contributed by atoms with van der Waals surface area (Å²) in [5, 5.41) is 10.6. The normalized spacial score (nSPS) is 32.0. The molecule has 3 heterocycles. The van der Waals surface area contributed by atoms with Crippen LogP contribution in [0, 0.1) is 11.8 Å². The van der Waals surface area contributed by atoms with Crippen LogP contribution in [0.25, 0.3) is 0 Å². The summed E-state index contributed by atoms with van der Waals surface area (Å²) < 4.78 is 12.2. The molecule has 1 aromatic rings. The summed E-state index contributed by atoms with van der Waals surface area (Å²) in [5.74, 6) is -2.71. The molecule has 5 rings (SSSR count). The van der Waals surface area contributed by atoms with Gasteiger partial charge < -0.3 is 24.4 Å². The second-order valence-corrected chi connectivity index (χ2v) is 12.0. The molecule has 2 unspecified atom stereocenters. The van der Waals surface area contributed by atoms with Crippen LogP contribution in [0.5, 0.6) is 0 Å². The van der Waals surface area contributed by atoms with Gasteiger partial charge in [-0.1, -0.05) is 68.3 Å². The zero-order valence-corrected chi connectivity index (χ0v) is 23.5. The van der Waals surface area contributed by atoms with E-state index in [1.807, 2.05) is 42.2 Å². The highest BCUT2D eigenvalue weighted by Gasteiger charge is 2.79. The van der Waals surface area contributed by atoms with Crippen molar-refractivity contribution in [3.63, 3.8) is 0 Å². The van der Waals surface area contributed by atoms with Crippen LogP contribution in [0.1, 0.15) is 57.4 Å². The van der Waals surface area contributed by atoms with E-state index in [-0.39, 0.29) is 31.1 Å². The van der Waals surface area contributed by atoms with Crippen molar-refractivity contribution >= 4 is 17.8 Å². The van der Waals surface area contributed by atoms with Crippen LogP contribution >= 0.6 is 0 Å². The third-order valence-corrected chi connectivity index (χ3v) is 9.59. The lowest BCUT2D eigenvalue weighted by atomic mass is 9.66. The van der Waals surface area contributed by atoms with Gasteiger partial charge in [0.2, 0.25) is 11.8 Å². The summed E-state index contributed by atoms with van der Waals surface area (Å²) in [5.41, 5.74) is -1.13. The van der Waals surface area contributed by atoms with Crippen molar-refractivity contribution in [1.29, 1.82) is 0 Å². The quantitative estimate of drug-likeness (QED) is 0.335. The van der Waals surface area contributed by atoms with E-state index in [9.17, 15) is 19.5 Å². The zero-order valence-electron chi connectivity index (χ0n) is 23.5. The molecule has 3 saturated heterocycles. The number of hydrogen-bond donors (Lipinski definition) is 1. The van der Waals surface area contributed by atoms with Crippen molar-refractivity contribution in [2.75, 3.05) is 19.8 Å². The predicted octanol–water partition coefficient (Wildman–Crippen LogP) is 3.43. The summed E-state index contributed by atoms with van der Waals surface area (Å²) in [4.78, 5) is 46.1. The summed E-state index contributed by atoms with van der Waals surface area (Å²) in [7, 11) is 0. The van der Waals surface area contributed by atoms with Gasteiger partial charge in [0.25, 0.3) is 0 Å². The maximum Gasteiger partial charge on any atom is 0.313 e. The van der Waals surface area contributed by atoms with Crippen molar-refractivity contribution in [3.8, 4) is 0 Å². The second kappa shape index (κ2) is 11.5. The molecule has 216 valence electrons. The van der Waals surface area contributed by atoms with E-state index < -0.39 is 41.1 Å². The Morgan fingerprint density at radius 3 is 2.55 bits per heavy atom. The van der Waals surface area contributed by atoms with E-state index in [1.165, 1.54) is 6.08 Å². The van der Waals surface area contributed by atoms with Crippen LogP contribution in [0.15, 0.2) is 55.6 Å². The number of fused-ring (bicyclic) bond motifs is 1.